The van der Waals surface area contributed by atoms with E-state index in [1.807, 2.05) is 30.3 Å². The zero-order chi connectivity index (χ0) is 45.6. The molecule has 1 aromatic rings. The minimum atomic E-state index is -2.49. The van der Waals surface area contributed by atoms with Crippen molar-refractivity contribution in [2.24, 2.45) is 0 Å². The Balaban J connectivity index is -0.000000411. The molecule has 348 valence electrons. The van der Waals surface area contributed by atoms with Crippen LogP contribution in [0, 0.1) is 0 Å². The number of alkyl carbamates (subject to hydrolysis) is 1. The van der Waals surface area contributed by atoms with Crippen LogP contribution in [-0.2, 0) is 130 Å². The summed E-state index contributed by atoms with van der Waals surface area (Å²) >= 11 is 0. The first-order chi connectivity index (χ1) is 28.7. The molecule has 8 amide bonds. The Bertz CT molecular complexity index is 1490. The molecule has 0 aliphatic heterocycles. The number of unbranched alkanes of at least 4 members (excludes halogenated alkanes) is 6. The molecule has 26 heteroatoms. The molecule has 0 aromatic heterocycles. The SMILES string of the molecule is CNC(=O)[C@H](CCCCCC(=O)NO)NC(=O)OCc1ccccc1.CNC(=O)[C@H](CCCCCC(=O)NO)N[C-]=O.CNC(=O)[C@H](CCCCCC(=O)NO)N[S-](=O)=O.[Y].[Y]. The second kappa shape index (κ2) is 44.4. The second-order valence-electron chi connectivity index (χ2n) is 12.7. The average molecular weight is 1050 g/mol. The van der Waals surface area contributed by atoms with E-state index >= 15 is 0 Å². The van der Waals surface area contributed by atoms with E-state index in [2.05, 4.69) is 31.3 Å². The summed E-state index contributed by atoms with van der Waals surface area (Å²) < 4.78 is 28.2. The van der Waals surface area contributed by atoms with E-state index in [0.717, 1.165) is 12.0 Å². The van der Waals surface area contributed by atoms with Crippen LogP contribution in [-0.4, -0.2) is 103 Å². The smallest absolute Gasteiger partial charge is 0.408 e. The Morgan fingerprint density at radius 3 is 1.37 bits per heavy atom. The minimum Gasteiger partial charge on any atom is -0.520 e. The van der Waals surface area contributed by atoms with Crippen molar-refractivity contribution in [1.29, 1.82) is 0 Å². The molecule has 0 saturated heterocycles. The zero-order valence-corrected chi connectivity index (χ0v) is 41.8. The fourth-order valence-electron chi connectivity index (χ4n) is 5.00. The topological polar surface area (TPSA) is 349 Å². The normalized spacial score (nSPS) is 11.2. The number of amides is 8. The number of nitrogens with one attached hydrogen (secondary N) is 9. The van der Waals surface area contributed by atoms with E-state index in [-0.39, 0.29) is 103 Å². The van der Waals surface area contributed by atoms with Crippen LogP contribution in [0.5, 0.6) is 0 Å². The van der Waals surface area contributed by atoms with Crippen LogP contribution in [0.4, 0.5) is 4.79 Å². The summed E-state index contributed by atoms with van der Waals surface area (Å²) in [6.07, 6.45) is 8.59. The van der Waals surface area contributed by atoms with Crippen molar-refractivity contribution in [2.75, 3.05) is 21.1 Å². The molecule has 0 saturated carbocycles. The van der Waals surface area contributed by atoms with Gasteiger partial charge in [0, 0.05) is 106 Å². The maximum absolute atomic E-state index is 11.9. The molecule has 0 aliphatic rings. The molecule has 0 fully saturated rings. The maximum atomic E-state index is 11.9. The summed E-state index contributed by atoms with van der Waals surface area (Å²) in [5.41, 5.74) is 5.49. The van der Waals surface area contributed by atoms with Gasteiger partial charge in [0.15, 0.2) is 0 Å². The number of hydroxylamine groups is 3. The summed E-state index contributed by atoms with van der Waals surface area (Å²) in [6, 6.07) is 7.18. The first kappa shape index (κ1) is 65.4. The summed E-state index contributed by atoms with van der Waals surface area (Å²) in [4.78, 5) is 88.7. The number of ether oxygens (including phenoxy) is 1. The van der Waals surface area contributed by atoms with Gasteiger partial charge in [0.1, 0.15) is 12.6 Å². The van der Waals surface area contributed by atoms with Crippen molar-refractivity contribution < 1.29 is 133 Å². The Morgan fingerprint density at radius 2 is 0.984 bits per heavy atom. The Labute approximate surface area is 414 Å². The van der Waals surface area contributed by atoms with Crippen molar-refractivity contribution in [3.05, 3.63) is 35.9 Å². The monoisotopic (exact) mass is 1050 g/mol. The van der Waals surface area contributed by atoms with Gasteiger partial charge in [-0.2, -0.15) is 6.41 Å². The van der Waals surface area contributed by atoms with Crippen LogP contribution < -0.4 is 47.7 Å². The third kappa shape index (κ3) is 37.3. The van der Waals surface area contributed by atoms with Gasteiger partial charge in [-0.05, 0) is 55.0 Å². The van der Waals surface area contributed by atoms with Gasteiger partial charge in [0.2, 0.25) is 35.4 Å². The van der Waals surface area contributed by atoms with Gasteiger partial charge in [-0.25, -0.2) is 21.2 Å². The third-order valence-corrected chi connectivity index (χ3v) is 8.71. The van der Waals surface area contributed by atoms with Crippen LogP contribution in [0.3, 0.4) is 0 Å². The molecule has 12 N–H and O–H groups in total. The van der Waals surface area contributed by atoms with Crippen LogP contribution >= 0.6 is 0 Å². The van der Waals surface area contributed by atoms with Crippen molar-refractivity contribution in [1.82, 2.24) is 47.7 Å². The number of hydrogen-bond donors (Lipinski definition) is 12. The minimum absolute atomic E-state index is 0. The molecule has 0 bridgehead atoms. The number of carbonyl (C=O) groups is 7. The first-order valence-electron chi connectivity index (χ1n) is 19.1. The average Bonchev–Trinajstić information content (AvgIpc) is 3.26. The van der Waals surface area contributed by atoms with Gasteiger partial charge in [0.05, 0.1) is 12.1 Å². The number of rotatable bonds is 28. The number of benzene rings is 1. The third-order valence-electron chi connectivity index (χ3n) is 8.23. The van der Waals surface area contributed by atoms with E-state index < -0.39 is 58.7 Å². The Kier molecular flexibility index (Phi) is 46.8. The predicted molar refractivity (Wildman–Crippen MR) is 213 cm³/mol. The molecule has 1 rings (SSSR count). The van der Waals surface area contributed by atoms with Gasteiger partial charge >= 0.3 is 6.09 Å². The molecule has 62 heavy (non-hydrogen) atoms. The van der Waals surface area contributed by atoms with E-state index in [0.29, 0.717) is 70.6 Å². The van der Waals surface area contributed by atoms with Crippen molar-refractivity contribution in [3.8, 4) is 0 Å². The summed E-state index contributed by atoms with van der Waals surface area (Å²) in [6.45, 7) is 0.128. The number of likely N-dealkylation sites (N-methyl/N-ethyl adjacent to an activating group) is 3. The van der Waals surface area contributed by atoms with Gasteiger partial charge < -0.3 is 49.3 Å². The quantitative estimate of drug-likeness (QED) is 0.0132. The molecule has 23 nitrogen and oxygen atoms in total. The molecular formula is C36H61N9O14SY2-2. The van der Waals surface area contributed by atoms with Crippen molar-refractivity contribution in [2.45, 2.75) is 121 Å². The van der Waals surface area contributed by atoms with Crippen LogP contribution in [0.1, 0.15) is 102 Å². The van der Waals surface area contributed by atoms with Crippen LogP contribution in [0.15, 0.2) is 30.3 Å². The first-order valence-corrected chi connectivity index (χ1v) is 20.2. The van der Waals surface area contributed by atoms with Gasteiger partial charge in [-0.15, -0.1) is 0 Å². The van der Waals surface area contributed by atoms with Crippen LogP contribution in [0.2, 0.25) is 0 Å². The molecule has 2 radical (unpaired) electrons. The van der Waals surface area contributed by atoms with Gasteiger partial charge in [0.25, 0.3) is 0 Å². The van der Waals surface area contributed by atoms with E-state index in [4.69, 9.17) is 20.4 Å². The largest absolute Gasteiger partial charge is 0.520 e. The molecule has 0 spiro atoms. The number of hydrogen-bond acceptors (Lipinski definition) is 15. The van der Waals surface area contributed by atoms with E-state index in [1.165, 1.54) is 33.0 Å². The fourth-order valence-corrected chi connectivity index (χ4v) is 5.46. The summed E-state index contributed by atoms with van der Waals surface area (Å²) in [7, 11) is 1.93. The maximum Gasteiger partial charge on any atom is 0.408 e. The molecule has 0 heterocycles. The van der Waals surface area contributed by atoms with E-state index in [9.17, 15) is 46.8 Å². The molecule has 3 atom stereocenters. The zero-order valence-electron chi connectivity index (χ0n) is 35.3. The summed E-state index contributed by atoms with van der Waals surface area (Å²) in [5.74, 6) is -2.28. The Hall–Kier alpha value is -3.22. The van der Waals surface area contributed by atoms with Crippen molar-refractivity contribution >= 4 is 58.8 Å². The fraction of sp³-hybridized carbons (Fsp3) is 0.611. The van der Waals surface area contributed by atoms with Gasteiger partial charge in [-0.3, -0.25) is 44.4 Å². The Morgan fingerprint density at radius 1 is 0.597 bits per heavy atom. The molecule has 1 aromatic carbocycles. The molecule has 0 unspecified atom stereocenters. The van der Waals surface area contributed by atoms with Crippen LogP contribution in [0.25, 0.3) is 0 Å². The van der Waals surface area contributed by atoms with Crippen molar-refractivity contribution in [3.63, 3.8) is 0 Å². The molecular weight excluding hydrogens is 992 g/mol. The summed E-state index contributed by atoms with van der Waals surface area (Å²) in [5, 5.41) is 37.1. The molecule has 0 aliphatic carbocycles. The second-order valence-corrected chi connectivity index (χ2v) is 13.4. The number of carbonyl (C=O) groups excluding carboxylic acids is 8. The van der Waals surface area contributed by atoms with Gasteiger partial charge in [-0.1, -0.05) is 68.9 Å². The standard InChI is InChI=1S/C17H25N3O5.C10H18N3O4.C9H18N3O5S.2Y/c1-18-16(22)14(10-6-3-7-11-15(21)20-24)19-17(23)25-12-13-8-4-2-5-9-13;1-11-10(16)8(12-7-14)5-3-2-4-6-9(15)13-17;1-10-9(14)7(12-18(16)17)5-3-2-4-6-8(13)11-15;;/h2,4-5,8-9,14,24H,3,6-7,10-12H2,1H3,(H,18,22)(H,19,23)(H,20,21);8,17H,2-6H2,1H3,(H,11,16)(H,12,14)(H,13,15);7,15H,2-6H2,1H3,(H,10,14)(H,11,13)(H,12,16,17);;/q;2*-1;;/t14-;8-;7-;;/m000../s1. The van der Waals surface area contributed by atoms with E-state index in [1.54, 1.807) is 11.0 Å². The predicted octanol–water partition coefficient (Wildman–Crippen LogP) is 0.0628.